The molecule has 18 heavy (non-hydrogen) atoms. The first-order valence-electron chi connectivity index (χ1n) is 5.99. The van der Waals surface area contributed by atoms with Crippen LogP contribution in [-0.2, 0) is 11.3 Å². The van der Waals surface area contributed by atoms with E-state index in [4.69, 9.17) is 23.1 Å². The topological polar surface area (TPSA) is 85.2 Å². The Bertz CT molecular complexity index is 444. The van der Waals surface area contributed by atoms with Crippen LogP contribution in [0.3, 0.4) is 0 Å². The standard InChI is InChI=1S/C12H17ClN4O/c13-9-1-2-11(14)16-10(9)7-17-5-3-8(4-6-17)12(15)18/h1-2,8H,3-7H2,(H2,14,16)(H2,15,18). The van der Waals surface area contributed by atoms with Gasteiger partial charge in [0.05, 0.1) is 10.7 Å². The Balaban J connectivity index is 1.95. The summed E-state index contributed by atoms with van der Waals surface area (Å²) in [6.07, 6.45) is 1.60. The summed E-state index contributed by atoms with van der Waals surface area (Å²) in [7, 11) is 0. The van der Waals surface area contributed by atoms with E-state index < -0.39 is 0 Å². The zero-order valence-corrected chi connectivity index (χ0v) is 10.9. The van der Waals surface area contributed by atoms with Crippen molar-refractivity contribution in [3.05, 3.63) is 22.8 Å². The molecular formula is C12H17ClN4O. The Morgan fingerprint density at radius 2 is 2.11 bits per heavy atom. The van der Waals surface area contributed by atoms with Gasteiger partial charge in [0, 0.05) is 12.5 Å². The molecule has 4 N–H and O–H groups in total. The molecule has 5 nitrogen and oxygen atoms in total. The number of likely N-dealkylation sites (tertiary alicyclic amines) is 1. The van der Waals surface area contributed by atoms with E-state index in [0.717, 1.165) is 31.6 Å². The normalized spacial score (nSPS) is 17.8. The molecule has 2 heterocycles. The largest absolute Gasteiger partial charge is 0.384 e. The molecule has 1 saturated heterocycles. The van der Waals surface area contributed by atoms with Gasteiger partial charge in [0.15, 0.2) is 0 Å². The predicted molar refractivity (Wildman–Crippen MR) is 70.9 cm³/mol. The number of aromatic nitrogens is 1. The van der Waals surface area contributed by atoms with Crippen molar-refractivity contribution in [3.8, 4) is 0 Å². The van der Waals surface area contributed by atoms with Crippen LogP contribution in [0.25, 0.3) is 0 Å². The second-order valence-electron chi connectivity index (χ2n) is 4.62. The van der Waals surface area contributed by atoms with E-state index in [9.17, 15) is 4.79 Å². The molecule has 1 aromatic heterocycles. The molecule has 0 aromatic carbocycles. The van der Waals surface area contributed by atoms with Crippen LogP contribution in [0.4, 0.5) is 5.82 Å². The van der Waals surface area contributed by atoms with Gasteiger partial charge >= 0.3 is 0 Å². The first-order chi connectivity index (χ1) is 8.56. The first-order valence-corrected chi connectivity index (χ1v) is 6.36. The lowest BCUT2D eigenvalue weighted by molar-refractivity contribution is -0.123. The molecule has 1 amide bonds. The number of halogens is 1. The number of nitrogens with zero attached hydrogens (tertiary/aromatic N) is 2. The van der Waals surface area contributed by atoms with E-state index in [-0.39, 0.29) is 11.8 Å². The number of pyridine rings is 1. The van der Waals surface area contributed by atoms with Gasteiger partial charge in [-0.3, -0.25) is 9.69 Å². The quantitative estimate of drug-likeness (QED) is 0.857. The Labute approximate surface area is 111 Å². The fraction of sp³-hybridized carbons (Fsp3) is 0.500. The smallest absolute Gasteiger partial charge is 0.220 e. The Hall–Kier alpha value is -1.33. The molecule has 0 radical (unpaired) electrons. The number of hydrogen-bond donors (Lipinski definition) is 2. The van der Waals surface area contributed by atoms with Gasteiger partial charge in [-0.1, -0.05) is 11.6 Å². The maximum absolute atomic E-state index is 11.1. The fourth-order valence-electron chi connectivity index (χ4n) is 2.20. The lowest BCUT2D eigenvalue weighted by atomic mass is 9.96. The van der Waals surface area contributed by atoms with E-state index in [1.54, 1.807) is 12.1 Å². The van der Waals surface area contributed by atoms with Crippen molar-refractivity contribution in [1.29, 1.82) is 0 Å². The van der Waals surface area contributed by atoms with E-state index in [1.807, 2.05) is 0 Å². The molecule has 1 aliphatic heterocycles. The van der Waals surface area contributed by atoms with Crippen LogP contribution >= 0.6 is 11.6 Å². The third kappa shape index (κ3) is 3.11. The number of anilines is 1. The van der Waals surface area contributed by atoms with Crippen molar-refractivity contribution >= 4 is 23.3 Å². The van der Waals surface area contributed by atoms with Gasteiger partial charge in [-0.25, -0.2) is 4.98 Å². The highest BCUT2D eigenvalue weighted by molar-refractivity contribution is 6.31. The van der Waals surface area contributed by atoms with Crippen LogP contribution in [0.2, 0.25) is 5.02 Å². The van der Waals surface area contributed by atoms with Gasteiger partial charge in [0.25, 0.3) is 0 Å². The highest BCUT2D eigenvalue weighted by Crippen LogP contribution is 2.21. The lowest BCUT2D eigenvalue weighted by Gasteiger charge is -2.30. The summed E-state index contributed by atoms with van der Waals surface area (Å²) in [4.78, 5) is 17.5. The highest BCUT2D eigenvalue weighted by atomic mass is 35.5. The maximum Gasteiger partial charge on any atom is 0.220 e. The number of primary amides is 1. The van der Waals surface area contributed by atoms with Crippen molar-refractivity contribution in [2.45, 2.75) is 19.4 Å². The molecule has 2 rings (SSSR count). The van der Waals surface area contributed by atoms with E-state index in [1.165, 1.54) is 0 Å². The summed E-state index contributed by atoms with van der Waals surface area (Å²) in [5, 5.41) is 0.626. The number of carbonyl (C=O) groups excluding carboxylic acids is 1. The first kappa shape index (κ1) is 13.1. The van der Waals surface area contributed by atoms with Crippen LogP contribution in [-0.4, -0.2) is 28.9 Å². The number of carbonyl (C=O) groups is 1. The molecule has 1 fully saturated rings. The van der Waals surface area contributed by atoms with Gasteiger partial charge in [-0.15, -0.1) is 0 Å². The van der Waals surface area contributed by atoms with Gasteiger partial charge in [-0.05, 0) is 38.1 Å². The molecule has 6 heteroatoms. The zero-order valence-electron chi connectivity index (χ0n) is 10.1. The average Bonchev–Trinajstić information content (AvgIpc) is 2.34. The molecule has 0 unspecified atom stereocenters. The van der Waals surface area contributed by atoms with Gasteiger partial charge in [0.1, 0.15) is 5.82 Å². The van der Waals surface area contributed by atoms with Crippen LogP contribution in [0.15, 0.2) is 12.1 Å². The second-order valence-corrected chi connectivity index (χ2v) is 5.02. The predicted octanol–water partition coefficient (Wildman–Crippen LogP) is 1.01. The van der Waals surface area contributed by atoms with Crippen molar-refractivity contribution in [2.75, 3.05) is 18.8 Å². The number of piperidine rings is 1. The van der Waals surface area contributed by atoms with Crippen molar-refractivity contribution < 1.29 is 4.79 Å². The highest BCUT2D eigenvalue weighted by Gasteiger charge is 2.23. The van der Waals surface area contributed by atoms with Crippen molar-refractivity contribution in [2.24, 2.45) is 11.7 Å². The third-order valence-corrected chi connectivity index (χ3v) is 3.65. The Morgan fingerprint density at radius 1 is 1.44 bits per heavy atom. The summed E-state index contributed by atoms with van der Waals surface area (Å²) in [5.74, 6) is 0.279. The van der Waals surface area contributed by atoms with Crippen LogP contribution in [0.1, 0.15) is 18.5 Å². The van der Waals surface area contributed by atoms with E-state index in [0.29, 0.717) is 17.4 Å². The Kier molecular flexibility index (Phi) is 4.04. The summed E-state index contributed by atoms with van der Waals surface area (Å²) in [5.41, 5.74) is 11.7. The third-order valence-electron chi connectivity index (χ3n) is 3.30. The molecule has 0 aliphatic carbocycles. The van der Waals surface area contributed by atoms with E-state index in [2.05, 4.69) is 9.88 Å². The number of hydrogen-bond acceptors (Lipinski definition) is 4. The van der Waals surface area contributed by atoms with Crippen LogP contribution in [0.5, 0.6) is 0 Å². The van der Waals surface area contributed by atoms with Gasteiger partial charge in [-0.2, -0.15) is 0 Å². The summed E-state index contributed by atoms with van der Waals surface area (Å²) in [6, 6.07) is 3.44. The monoisotopic (exact) mass is 268 g/mol. The Morgan fingerprint density at radius 3 is 2.72 bits per heavy atom. The molecule has 0 atom stereocenters. The minimum Gasteiger partial charge on any atom is -0.384 e. The molecular weight excluding hydrogens is 252 g/mol. The van der Waals surface area contributed by atoms with Crippen molar-refractivity contribution in [1.82, 2.24) is 9.88 Å². The van der Waals surface area contributed by atoms with E-state index >= 15 is 0 Å². The number of rotatable bonds is 3. The average molecular weight is 269 g/mol. The number of nitrogen functional groups attached to an aromatic ring is 1. The number of amides is 1. The molecule has 0 spiro atoms. The van der Waals surface area contributed by atoms with Crippen LogP contribution in [0, 0.1) is 5.92 Å². The summed E-state index contributed by atoms with van der Waals surface area (Å²) < 4.78 is 0. The molecule has 0 bridgehead atoms. The maximum atomic E-state index is 11.1. The lowest BCUT2D eigenvalue weighted by Crippen LogP contribution is -2.38. The second kappa shape index (κ2) is 5.54. The molecule has 1 aliphatic rings. The van der Waals surface area contributed by atoms with Gasteiger partial charge < -0.3 is 11.5 Å². The summed E-state index contributed by atoms with van der Waals surface area (Å²) in [6.45, 7) is 2.33. The minimum absolute atomic E-state index is 0.00511. The molecule has 1 aromatic rings. The fourth-order valence-corrected chi connectivity index (χ4v) is 2.36. The molecule has 98 valence electrons. The minimum atomic E-state index is -0.199. The van der Waals surface area contributed by atoms with Gasteiger partial charge in [0.2, 0.25) is 5.91 Å². The number of nitrogens with two attached hydrogens (primary N) is 2. The van der Waals surface area contributed by atoms with Crippen molar-refractivity contribution in [3.63, 3.8) is 0 Å². The molecule has 0 saturated carbocycles. The summed E-state index contributed by atoms with van der Waals surface area (Å²) >= 11 is 6.08. The van der Waals surface area contributed by atoms with Crippen LogP contribution < -0.4 is 11.5 Å². The SMILES string of the molecule is NC(=O)C1CCN(Cc2nc(N)ccc2Cl)CC1. The zero-order chi connectivity index (χ0) is 13.1.